The highest BCUT2D eigenvalue weighted by Gasteiger charge is 2.48. The Morgan fingerprint density at radius 2 is 2.07 bits per heavy atom. The minimum Gasteiger partial charge on any atom is -0.444 e. The summed E-state index contributed by atoms with van der Waals surface area (Å²) < 4.78 is 5.39. The average Bonchev–Trinajstić information content (AvgIpc) is 2.59. The van der Waals surface area contributed by atoms with Crippen molar-refractivity contribution in [3.05, 3.63) is 0 Å². The van der Waals surface area contributed by atoms with Crippen LogP contribution in [0.4, 0.5) is 4.79 Å². The number of ether oxygens (including phenoxy) is 1. The molecule has 1 aliphatic carbocycles. The van der Waals surface area contributed by atoms with Crippen LogP contribution in [-0.2, 0) is 4.74 Å². The summed E-state index contributed by atoms with van der Waals surface area (Å²) in [6, 6.07) is 0.352. The van der Waals surface area contributed by atoms with Crippen LogP contribution in [0.3, 0.4) is 0 Å². The summed E-state index contributed by atoms with van der Waals surface area (Å²) in [5, 5.41) is 0. The monoisotopic (exact) mass is 275 g/mol. The lowest BCUT2D eigenvalue weighted by Crippen LogP contribution is -2.42. The topological polar surface area (TPSA) is 29.5 Å². The number of hydrogen-bond acceptors (Lipinski definition) is 2. The minimum absolute atomic E-state index is 0.154. The molecule has 0 N–H and O–H groups in total. The van der Waals surface area contributed by atoms with E-state index in [4.69, 9.17) is 4.74 Å². The van der Waals surface area contributed by atoms with Gasteiger partial charge in [-0.3, -0.25) is 0 Å². The molecule has 0 spiro atoms. The standard InChI is InChI=1S/C11H18BrNO2/c1-11(2,3)15-10(14)13-6-7-4-5-8(13)9(7)12/h7-9H,4-6H2,1-3H3/t7-,8-,9+/m1/s1. The number of amides is 1. The van der Waals surface area contributed by atoms with Crippen molar-refractivity contribution in [2.24, 2.45) is 5.92 Å². The molecule has 0 unspecified atom stereocenters. The van der Waals surface area contributed by atoms with E-state index in [-0.39, 0.29) is 11.7 Å². The van der Waals surface area contributed by atoms with Crippen LogP contribution in [0.5, 0.6) is 0 Å². The molecule has 2 rings (SSSR count). The predicted molar refractivity (Wildman–Crippen MR) is 62.2 cm³/mol. The van der Waals surface area contributed by atoms with E-state index in [1.807, 2.05) is 25.7 Å². The zero-order valence-electron chi connectivity index (χ0n) is 9.50. The van der Waals surface area contributed by atoms with E-state index < -0.39 is 0 Å². The maximum Gasteiger partial charge on any atom is 0.410 e. The van der Waals surface area contributed by atoms with Gasteiger partial charge in [0.1, 0.15) is 5.60 Å². The summed E-state index contributed by atoms with van der Waals surface area (Å²) in [6.45, 7) is 6.58. The zero-order valence-corrected chi connectivity index (χ0v) is 11.1. The summed E-state index contributed by atoms with van der Waals surface area (Å²) >= 11 is 3.67. The Balaban J connectivity index is 1.99. The molecule has 86 valence electrons. The van der Waals surface area contributed by atoms with Crippen molar-refractivity contribution in [3.63, 3.8) is 0 Å². The van der Waals surface area contributed by atoms with Gasteiger partial charge in [-0.25, -0.2) is 4.79 Å². The van der Waals surface area contributed by atoms with E-state index in [0.29, 0.717) is 16.8 Å². The van der Waals surface area contributed by atoms with E-state index in [2.05, 4.69) is 15.9 Å². The molecule has 1 saturated heterocycles. The van der Waals surface area contributed by atoms with Crippen molar-refractivity contribution in [2.45, 2.75) is 50.1 Å². The number of piperidine rings is 1. The van der Waals surface area contributed by atoms with Gasteiger partial charge in [-0.2, -0.15) is 0 Å². The van der Waals surface area contributed by atoms with Crippen LogP contribution in [0, 0.1) is 5.92 Å². The van der Waals surface area contributed by atoms with Crippen LogP contribution in [0.15, 0.2) is 0 Å². The third-order valence-electron chi connectivity index (χ3n) is 3.11. The fourth-order valence-electron chi connectivity index (χ4n) is 2.46. The number of fused-ring (bicyclic) bond motifs is 2. The van der Waals surface area contributed by atoms with E-state index in [1.165, 1.54) is 6.42 Å². The maximum absolute atomic E-state index is 11.9. The molecule has 3 nitrogen and oxygen atoms in total. The van der Waals surface area contributed by atoms with Gasteiger partial charge < -0.3 is 9.64 Å². The lowest BCUT2D eigenvalue weighted by Gasteiger charge is -2.30. The Morgan fingerprint density at radius 3 is 2.47 bits per heavy atom. The second-order valence-electron chi connectivity index (χ2n) is 5.48. The van der Waals surface area contributed by atoms with Crippen LogP contribution in [0.2, 0.25) is 0 Å². The van der Waals surface area contributed by atoms with Crippen LogP contribution in [-0.4, -0.2) is 34.0 Å². The quantitative estimate of drug-likeness (QED) is 0.637. The molecule has 2 bridgehead atoms. The lowest BCUT2D eigenvalue weighted by atomic mass is 10.1. The number of halogens is 1. The van der Waals surface area contributed by atoms with Gasteiger partial charge in [-0.1, -0.05) is 15.9 Å². The molecule has 3 atom stereocenters. The largest absolute Gasteiger partial charge is 0.444 e. The highest BCUT2D eigenvalue weighted by Crippen LogP contribution is 2.42. The number of likely N-dealkylation sites (tertiary alicyclic amines) is 1. The molecule has 4 heteroatoms. The highest BCUT2D eigenvalue weighted by atomic mass is 79.9. The number of alkyl halides is 1. The summed E-state index contributed by atoms with van der Waals surface area (Å²) in [5.74, 6) is 0.627. The van der Waals surface area contributed by atoms with Crippen molar-refractivity contribution in [1.82, 2.24) is 4.90 Å². The first-order valence-electron chi connectivity index (χ1n) is 5.52. The molecule has 2 fully saturated rings. The Bertz CT molecular complexity index is 274. The fourth-order valence-corrected chi connectivity index (χ4v) is 3.44. The van der Waals surface area contributed by atoms with Crippen LogP contribution in [0.25, 0.3) is 0 Å². The van der Waals surface area contributed by atoms with Gasteiger partial charge in [0.05, 0.1) is 0 Å². The molecule has 0 aromatic carbocycles. The molecule has 15 heavy (non-hydrogen) atoms. The summed E-state index contributed by atoms with van der Waals surface area (Å²) in [4.78, 5) is 14.2. The normalized spacial score (nSPS) is 34.7. The fraction of sp³-hybridized carbons (Fsp3) is 0.909. The number of nitrogens with zero attached hydrogens (tertiary/aromatic N) is 1. The SMILES string of the molecule is CC(C)(C)OC(=O)N1C[C@H]2CC[C@@H]1[C@H]2Br. The predicted octanol–water partition coefficient (Wildman–Crippen LogP) is 2.78. The van der Waals surface area contributed by atoms with Crippen molar-refractivity contribution >= 4 is 22.0 Å². The first kappa shape index (κ1) is 11.2. The molecule has 0 aromatic rings. The Kier molecular flexibility index (Phi) is 2.73. The van der Waals surface area contributed by atoms with Gasteiger partial charge in [0.15, 0.2) is 0 Å². The molecular formula is C11H18BrNO2. The van der Waals surface area contributed by atoms with Gasteiger partial charge in [0.2, 0.25) is 0 Å². The molecule has 0 aromatic heterocycles. The van der Waals surface area contributed by atoms with E-state index in [9.17, 15) is 4.79 Å². The molecule has 1 amide bonds. The third kappa shape index (κ3) is 2.14. The second-order valence-corrected chi connectivity index (χ2v) is 6.54. The van der Waals surface area contributed by atoms with Crippen molar-refractivity contribution in [2.75, 3.05) is 6.54 Å². The summed E-state index contributed by atoms with van der Waals surface area (Å²) in [7, 11) is 0. The number of carbonyl (C=O) groups excluding carboxylic acids is 1. The molecule has 1 saturated carbocycles. The van der Waals surface area contributed by atoms with Crippen LogP contribution < -0.4 is 0 Å². The zero-order chi connectivity index (χ0) is 11.2. The van der Waals surface area contributed by atoms with E-state index in [1.54, 1.807) is 0 Å². The van der Waals surface area contributed by atoms with Crippen LogP contribution >= 0.6 is 15.9 Å². The molecule has 1 aliphatic heterocycles. The van der Waals surface area contributed by atoms with Gasteiger partial charge in [-0.05, 0) is 39.5 Å². The van der Waals surface area contributed by atoms with E-state index >= 15 is 0 Å². The lowest BCUT2D eigenvalue weighted by molar-refractivity contribution is 0.0192. The maximum atomic E-state index is 11.9. The third-order valence-corrected chi connectivity index (χ3v) is 4.47. The van der Waals surface area contributed by atoms with E-state index in [0.717, 1.165) is 13.0 Å². The van der Waals surface area contributed by atoms with Crippen LogP contribution in [0.1, 0.15) is 33.6 Å². The van der Waals surface area contributed by atoms with Gasteiger partial charge in [-0.15, -0.1) is 0 Å². The molecule has 2 aliphatic rings. The first-order chi connectivity index (χ1) is 6.88. The Hall–Kier alpha value is -0.250. The molecule has 0 radical (unpaired) electrons. The summed E-state index contributed by atoms with van der Waals surface area (Å²) in [5.41, 5.74) is -0.388. The Labute approximate surface area is 99.3 Å². The van der Waals surface area contributed by atoms with Crippen molar-refractivity contribution in [1.29, 1.82) is 0 Å². The summed E-state index contributed by atoms with van der Waals surface area (Å²) in [6.07, 6.45) is 2.19. The minimum atomic E-state index is -0.388. The first-order valence-corrected chi connectivity index (χ1v) is 6.44. The van der Waals surface area contributed by atoms with Crippen molar-refractivity contribution < 1.29 is 9.53 Å². The number of carbonyl (C=O) groups is 1. The van der Waals surface area contributed by atoms with Gasteiger partial charge in [0, 0.05) is 17.4 Å². The highest BCUT2D eigenvalue weighted by molar-refractivity contribution is 9.09. The Morgan fingerprint density at radius 1 is 1.40 bits per heavy atom. The average molecular weight is 276 g/mol. The smallest absolute Gasteiger partial charge is 0.410 e. The number of rotatable bonds is 0. The molecule has 1 heterocycles. The van der Waals surface area contributed by atoms with Gasteiger partial charge >= 0.3 is 6.09 Å². The van der Waals surface area contributed by atoms with Crippen molar-refractivity contribution in [3.8, 4) is 0 Å². The number of hydrogen-bond donors (Lipinski definition) is 0. The molecular weight excluding hydrogens is 258 g/mol. The van der Waals surface area contributed by atoms with Gasteiger partial charge in [0.25, 0.3) is 0 Å². The second kappa shape index (κ2) is 3.65.